The molecule has 0 radical (unpaired) electrons. The molecule has 2 aliphatic carbocycles. The normalized spacial score (nSPS) is 15.7. The summed E-state index contributed by atoms with van der Waals surface area (Å²) in [5, 5.41) is 0. The minimum absolute atomic E-state index is 0. The number of fused-ring (bicyclic) bond motifs is 1. The fourth-order valence-electron chi connectivity index (χ4n) is 3.56. The van der Waals surface area contributed by atoms with Gasteiger partial charge in [0, 0.05) is 0 Å². The van der Waals surface area contributed by atoms with Gasteiger partial charge in [0.05, 0.1) is 0 Å². The van der Waals surface area contributed by atoms with Crippen LogP contribution in [0.4, 0.5) is 0 Å². The molecule has 1 aromatic carbocycles. The third-order valence-corrected chi connectivity index (χ3v) is 7.00. The van der Waals surface area contributed by atoms with Gasteiger partial charge in [-0.1, -0.05) is 0 Å². The second kappa shape index (κ2) is 10.0. The number of halogens is 2. The molecular formula is C22H27Cl2OSiZr. The van der Waals surface area contributed by atoms with E-state index in [0.29, 0.717) is 0 Å². The molecule has 0 fully saturated rings. The van der Waals surface area contributed by atoms with E-state index in [1.807, 2.05) is 0 Å². The molecule has 5 heteroatoms. The Morgan fingerprint density at radius 3 is 2.30 bits per heavy atom. The average Bonchev–Trinajstić information content (AvgIpc) is 3.09. The molecule has 0 aromatic heterocycles. The van der Waals surface area contributed by atoms with Gasteiger partial charge in [-0.2, -0.15) is 0 Å². The molecule has 0 atom stereocenters. The first kappa shape index (κ1) is 24.9. The monoisotopic (exact) mass is 495 g/mol. The van der Waals surface area contributed by atoms with Crippen molar-refractivity contribution in [3.63, 3.8) is 0 Å². The van der Waals surface area contributed by atoms with Crippen LogP contribution < -0.4 is 24.8 Å². The number of allylic oxidation sites excluding steroid dienone is 6. The molecule has 0 bridgehead atoms. The molecule has 1 aromatic rings. The zero-order chi connectivity index (χ0) is 18.2. The predicted octanol–water partition coefficient (Wildman–Crippen LogP) is 0.258. The van der Waals surface area contributed by atoms with Crippen LogP contribution in [0.15, 0.2) is 58.7 Å². The minimum atomic E-state index is -1.41. The first-order valence-electron chi connectivity index (χ1n) is 9.05. The summed E-state index contributed by atoms with van der Waals surface area (Å²) in [6.45, 7) is 12.1. The Morgan fingerprint density at radius 1 is 1.07 bits per heavy atom. The summed E-state index contributed by atoms with van der Waals surface area (Å²) in [4.78, 5) is 0. The van der Waals surface area contributed by atoms with Crippen molar-refractivity contribution >= 4 is 17.2 Å². The summed E-state index contributed by atoms with van der Waals surface area (Å²) in [6, 6.07) is 8.88. The van der Waals surface area contributed by atoms with Crippen molar-refractivity contribution in [3.05, 3.63) is 69.8 Å². The van der Waals surface area contributed by atoms with Crippen LogP contribution >= 0.6 is 0 Å². The largest absolute Gasteiger partial charge is 1.00 e. The van der Waals surface area contributed by atoms with Gasteiger partial charge in [-0.05, 0) is 0 Å². The molecular weight excluding hydrogens is 470 g/mol. The SMILES string of the molecule is CC(C)=C1C(C2=CC(CCO[Si](C)(C)C)=CC2)=[C]([Zr+2])c2ccccc21.[Cl-].[Cl-]. The second-order valence-electron chi connectivity index (χ2n) is 8.03. The summed E-state index contributed by atoms with van der Waals surface area (Å²) in [5.41, 5.74) is 10.1. The number of hydrogen-bond acceptors (Lipinski definition) is 1. The maximum atomic E-state index is 6.04. The topological polar surface area (TPSA) is 9.23 Å². The van der Waals surface area contributed by atoms with Crippen LogP contribution in [-0.4, -0.2) is 14.9 Å². The summed E-state index contributed by atoms with van der Waals surface area (Å²) < 4.78 is 7.55. The molecule has 2 aliphatic rings. The fourth-order valence-corrected chi connectivity index (χ4v) is 5.51. The minimum Gasteiger partial charge on any atom is -1.00 e. The van der Waals surface area contributed by atoms with E-state index in [-0.39, 0.29) is 24.8 Å². The Kier molecular flexibility index (Phi) is 9.24. The molecule has 0 spiro atoms. The van der Waals surface area contributed by atoms with Gasteiger partial charge in [-0.15, -0.1) is 0 Å². The third-order valence-electron chi connectivity index (χ3n) is 4.66. The van der Waals surface area contributed by atoms with E-state index in [2.05, 4.69) is 69.9 Å². The zero-order valence-corrected chi connectivity index (χ0v) is 21.7. The molecule has 0 N–H and O–H groups in total. The van der Waals surface area contributed by atoms with Crippen molar-refractivity contribution in [2.75, 3.05) is 6.61 Å². The van der Waals surface area contributed by atoms with Gasteiger partial charge in [-0.3, -0.25) is 0 Å². The average molecular weight is 498 g/mol. The van der Waals surface area contributed by atoms with Crippen molar-refractivity contribution in [2.45, 2.75) is 46.3 Å². The van der Waals surface area contributed by atoms with Crippen molar-refractivity contribution in [3.8, 4) is 0 Å². The van der Waals surface area contributed by atoms with Gasteiger partial charge in [0.2, 0.25) is 0 Å². The van der Waals surface area contributed by atoms with Crippen LogP contribution in [0.3, 0.4) is 0 Å². The van der Waals surface area contributed by atoms with Gasteiger partial charge >= 0.3 is 169 Å². The van der Waals surface area contributed by atoms with Gasteiger partial charge < -0.3 is 24.8 Å². The quantitative estimate of drug-likeness (QED) is 0.531. The molecule has 3 rings (SSSR count). The number of rotatable bonds is 5. The van der Waals surface area contributed by atoms with Gasteiger partial charge in [0.1, 0.15) is 0 Å². The molecule has 0 unspecified atom stereocenters. The molecule has 27 heavy (non-hydrogen) atoms. The first-order valence-corrected chi connectivity index (χ1v) is 13.7. The van der Waals surface area contributed by atoms with Crippen molar-refractivity contribution < 1.29 is 54.0 Å². The smallest absolute Gasteiger partial charge is 1.00 e. The Labute approximate surface area is 192 Å². The van der Waals surface area contributed by atoms with E-state index in [1.165, 1.54) is 67.0 Å². The fraction of sp³-hybridized carbons (Fsp3) is 0.364. The van der Waals surface area contributed by atoms with E-state index >= 15 is 0 Å². The van der Waals surface area contributed by atoms with Gasteiger partial charge in [0.25, 0.3) is 0 Å². The first-order chi connectivity index (χ1) is 11.8. The maximum absolute atomic E-state index is 6.04. The van der Waals surface area contributed by atoms with Crippen LogP contribution in [0.2, 0.25) is 19.6 Å². The Balaban J connectivity index is 0.00000182. The van der Waals surface area contributed by atoms with Crippen LogP contribution in [0.25, 0.3) is 8.85 Å². The Bertz CT molecular complexity index is 825. The molecule has 0 saturated carbocycles. The van der Waals surface area contributed by atoms with E-state index < -0.39 is 8.32 Å². The van der Waals surface area contributed by atoms with Crippen LogP contribution in [-0.2, 0) is 29.1 Å². The molecule has 0 amide bonds. The van der Waals surface area contributed by atoms with Crippen LogP contribution in [0.5, 0.6) is 0 Å². The molecule has 0 saturated heterocycles. The van der Waals surface area contributed by atoms with E-state index in [9.17, 15) is 0 Å². The molecule has 0 aliphatic heterocycles. The summed E-state index contributed by atoms with van der Waals surface area (Å²) >= 11 is 1.50. The standard InChI is InChI=1S/C22H27OSi.2ClH.Zr/c1-16(2)22-20-9-7-6-8-18(20)15-21(22)19-11-10-17(14-19)12-13-23-24(3,4)5;;;/h6-10,14H,11-13H2,1-5H3;2*1H;/q;;;+2/p-2. The van der Waals surface area contributed by atoms with Crippen LogP contribution in [0, 0.1) is 0 Å². The van der Waals surface area contributed by atoms with E-state index in [4.69, 9.17) is 4.43 Å². The maximum Gasteiger partial charge on any atom is -1.00 e. The summed E-state index contributed by atoms with van der Waals surface area (Å²) in [6.07, 6.45) is 6.90. The number of benzene rings is 1. The molecule has 0 heterocycles. The molecule has 1 nitrogen and oxygen atoms in total. The van der Waals surface area contributed by atoms with Crippen LogP contribution in [0.1, 0.15) is 37.8 Å². The third kappa shape index (κ3) is 5.67. The molecule has 143 valence electrons. The predicted molar refractivity (Wildman–Crippen MR) is 106 cm³/mol. The van der Waals surface area contributed by atoms with Crippen molar-refractivity contribution in [2.24, 2.45) is 0 Å². The van der Waals surface area contributed by atoms with Gasteiger partial charge in [-0.25, -0.2) is 0 Å². The van der Waals surface area contributed by atoms with E-state index in [1.54, 1.807) is 0 Å². The van der Waals surface area contributed by atoms with Gasteiger partial charge in [0.15, 0.2) is 0 Å². The van der Waals surface area contributed by atoms with Crippen molar-refractivity contribution in [1.82, 2.24) is 0 Å². The summed E-state index contributed by atoms with van der Waals surface area (Å²) in [7, 11) is -1.41. The summed E-state index contributed by atoms with van der Waals surface area (Å²) in [5.74, 6) is 0. The second-order valence-corrected chi connectivity index (χ2v) is 13.8. The Morgan fingerprint density at radius 2 is 1.70 bits per heavy atom. The number of hydrogen-bond donors (Lipinski definition) is 0. The van der Waals surface area contributed by atoms with E-state index in [0.717, 1.165) is 19.4 Å². The van der Waals surface area contributed by atoms with Crippen molar-refractivity contribution in [1.29, 1.82) is 0 Å². The Hall–Kier alpha value is -0.180. The zero-order valence-electron chi connectivity index (χ0n) is 16.7.